The van der Waals surface area contributed by atoms with Crippen LogP contribution in [0.2, 0.25) is 0 Å². The number of ether oxygens (including phenoxy) is 1. The van der Waals surface area contributed by atoms with Gasteiger partial charge in [0, 0.05) is 18.4 Å². The summed E-state index contributed by atoms with van der Waals surface area (Å²) >= 11 is 0. The molecule has 1 amide bonds. The van der Waals surface area contributed by atoms with Crippen LogP contribution in [-0.4, -0.2) is 30.6 Å². The summed E-state index contributed by atoms with van der Waals surface area (Å²) in [4.78, 5) is 15.0. The number of carbonyl (C=O) groups excluding carboxylic acids is 1. The molecule has 1 aliphatic heterocycles. The second-order valence-corrected chi connectivity index (χ2v) is 6.02. The average molecular weight is 460 g/mol. The number of hydrogen-bond acceptors (Lipinski definition) is 5. The Hall–Kier alpha value is -1.82. The van der Waals surface area contributed by atoms with E-state index >= 15 is 0 Å². The van der Waals surface area contributed by atoms with Crippen molar-refractivity contribution in [3.05, 3.63) is 60.7 Å². The topological polar surface area (TPSA) is 83.0 Å². The Bertz CT molecular complexity index is 917. The molecule has 1 heterocycles. The van der Waals surface area contributed by atoms with Gasteiger partial charge in [-0.15, -0.1) is 36.9 Å². The molecule has 0 radical (unpaired) electrons. The Morgan fingerprint density at radius 1 is 1.35 bits per heavy atom. The quantitative estimate of drug-likeness (QED) is 0.266. The van der Waals surface area contributed by atoms with Gasteiger partial charge in [-0.25, -0.2) is 0 Å². The van der Waals surface area contributed by atoms with E-state index in [-0.39, 0.29) is 63.7 Å². The third-order valence-electron chi connectivity index (χ3n) is 3.92. The maximum absolute atomic E-state index is 12.3. The molecule has 0 unspecified atom stereocenters. The van der Waals surface area contributed by atoms with E-state index in [9.17, 15) is 23.1 Å². The first-order valence-corrected chi connectivity index (χ1v) is 8.88. The van der Waals surface area contributed by atoms with Crippen LogP contribution in [0.5, 0.6) is 5.75 Å². The number of halogens is 3. The van der Waals surface area contributed by atoms with Crippen molar-refractivity contribution >= 4 is 24.0 Å². The molecule has 6 nitrogen and oxygen atoms in total. The number of aliphatic hydroxyl groups excluding tert-OH is 1. The number of nitrogens with one attached hydrogen (secondary N) is 2. The third-order valence-corrected chi connectivity index (χ3v) is 3.92. The van der Waals surface area contributed by atoms with E-state index in [0.717, 1.165) is 6.61 Å². The zero-order valence-corrected chi connectivity index (χ0v) is 20.3. The molecule has 160 valence electrons. The van der Waals surface area contributed by atoms with Gasteiger partial charge >= 0.3 is 57.7 Å². The van der Waals surface area contributed by atoms with Crippen molar-refractivity contribution < 1.29 is 79.2 Å². The molecule has 0 aliphatic carbocycles. The van der Waals surface area contributed by atoms with Gasteiger partial charge in [0.25, 0.3) is 0 Å². The summed E-state index contributed by atoms with van der Waals surface area (Å²) in [5.74, 6) is -0.325. The van der Waals surface area contributed by atoms with Gasteiger partial charge in [0.05, 0.1) is 0 Å². The van der Waals surface area contributed by atoms with E-state index in [1.807, 2.05) is 6.92 Å². The number of fused-ring (bicyclic) bond motifs is 1. The molecule has 3 N–H and O–H groups in total. The van der Waals surface area contributed by atoms with Crippen molar-refractivity contribution in [1.82, 2.24) is 5.32 Å². The minimum absolute atomic E-state index is 0. The van der Waals surface area contributed by atoms with Gasteiger partial charge in [-0.1, -0.05) is 24.8 Å². The monoisotopic (exact) mass is 459 g/mol. The zero-order chi connectivity index (χ0) is 22.1. The molecule has 10 heteroatoms. The van der Waals surface area contributed by atoms with Crippen LogP contribution < -0.4 is 66.8 Å². The van der Waals surface area contributed by atoms with Crippen LogP contribution in [0.3, 0.4) is 0 Å². The fraction of sp³-hybridized carbons (Fsp3) is 0.190. The predicted octanol–water partition coefficient (Wildman–Crippen LogP) is 1.70. The molecule has 0 aromatic heterocycles. The van der Waals surface area contributed by atoms with E-state index in [1.54, 1.807) is 18.4 Å². The molecular weight excluding hydrogens is 438 g/mol. The van der Waals surface area contributed by atoms with Gasteiger partial charge in [0.1, 0.15) is 5.75 Å². The Balaban J connectivity index is 0.00000113. The molecule has 0 atom stereocenters. The molecule has 0 saturated heterocycles. The zero-order valence-electron chi connectivity index (χ0n) is 17.2. The smallest absolute Gasteiger partial charge is 0.429 e. The SMILES string of the molecule is C=CC.O=CNCc1cc(-c2ccc(OC(F)(F)F)cc2)c2c(c1[CH-]O)N=CCN2.[K+]. The van der Waals surface area contributed by atoms with E-state index in [4.69, 9.17) is 0 Å². The molecule has 2 aromatic rings. The van der Waals surface area contributed by atoms with Crippen molar-refractivity contribution in [3.8, 4) is 16.9 Å². The van der Waals surface area contributed by atoms with Crippen LogP contribution in [0.25, 0.3) is 11.1 Å². The van der Waals surface area contributed by atoms with Crippen LogP contribution in [0.15, 0.2) is 48.0 Å². The number of anilines is 1. The Morgan fingerprint density at radius 2 is 2.00 bits per heavy atom. The van der Waals surface area contributed by atoms with Gasteiger partial charge in [-0.05, 0) is 42.4 Å². The van der Waals surface area contributed by atoms with E-state index < -0.39 is 6.36 Å². The van der Waals surface area contributed by atoms with Crippen LogP contribution in [0, 0.1) is 6.61 Å². The molecule has 0 fully saturated rings. The number of aliphatic hydroxyl groups is 1. The number of amides is 1. The molecule has 0 spiro atoms. The van der Waals surface area contributed by atoms with Crippen molar-refractivity contribution in [2.75, 3.05) is 11.9 Å². The van der Waals surface area contributed by atoms with E-state index in [2.05, 4.69) is 26.9 Å². The maximum Gasteiger partial charge on any atom is 1.00 e. The summed E-state index contributed by atoms with van der Waals surface area (Å²) in [6.45, 7) is 6.78. The fourth-order valence-corrected chi connectivity index (χ4v) is 2.84. The summed E-state index contributed by atoms with van der Waals surface area (Å²) in [6.07, 6.45) is -0.843. The van der Waals surface area contributed by atoms with E-state index in [1.165, 1.54) is 24.3 Å². The number of rotatable bonds is 6. The first-order valence-electron chi connectivity index (χ1n) is 8.88. The first-order chi connectivity index (χ1) is 14.3. The van der Waals surface area contributed by atoms with Gasteiger partial charge < -0.3 is 25.5 Å². The maximum atomic E-state index is 12.3. The standard InChI is InChI=1S/C18H15F3N3O3.C3H6.K/c19-18(20,21)27-13-3-1-11(2-4-13)14-7-12(8-22-10-26)15(9-25)17-16(14)23-5-6-24-17;1-3-2;/h1-4,6-7,9-10,23,25H,5,8H2,(H,22,26);3H,1H2,2H3;/q-1;;+1. The van der Waals surface area contributed by atoms with Gasteiger partial charge in [-0.3, -0.25) is 4.79 Å². The number of carbonyl (C=O) groups is 1. The minimum Gasteiger partial charge on any atom is -0.429 e. The van der Waals surface area contributed by atoms with Crippen molar-refractivity contribution in [3.63, 3.8) is 0 Å². The summed E-state index contributed by atoms with van der Waals surface area (Å²) in [5.41, 5.74) is 3.48. The molecule has 3 rings (SSSR count). The first kappa shape index (κ1) is 27.2. The van der Waals surface area contributed by atoms with E-state index in [0.29, 0.717) is 46.6 Å². The average Bonchev–Trinajstić information content (AvgIpc) is 2.71. The second kappa shape index (κ2) is 12.9. The van der Waals surface area contributed by atoms with Crippen LogP contribution in [0.4, 0.5) is 24.5 Å². The van der Waals surface area contributed by atoms with Crippen molar-refractivity contribution in [2.45, 2.75) is 19.8 Å². The van der Waals surface area contributed by atoms with Crippen LogP contribution >= 0.6 is 0 Å². The Labute approximate surface area is 221 Å². The number of allylic oxidation sites excluding steroid dienone is 1. The molecular formula is C21H21F3KN3O3. The van der Waals surface area contributed by atoms with Crippen molar-refractivity contribution in [1.29, 1.82) is 0 Å². The summed E-state index contributed by atoms with van der Waals surface area (Å²) < 4.78 is 40.9. The molecule has 0 saturated carbocycles. The number of hydrogen-bond donors (Lipinski definition) is 3. The minimum atomic E-state index is -4.76. The summed E-state index contributed by atoms with van der Waals surface area (Å²) in [5, 5.41) is 15.3. The number of nitrogens with zero attached hydrogens (tertiary/aromatic N) is 1. The van der Waals surface area contributed by atoms with Crippen LogP contribution in [0.1, 0.15) is 18.1 Å². The largest absolute Gasteiger partial charge is 1.00 e. The van der Waals surface area contributed by atoms with Crippen LogP contribution in [-0.2, 0) is 11.3 Å². The summed E-state index contributed by atoms with van der Waals surface area (Å²) in [7, 11) is 0. The number of alkyl halides is 3. The molecule has 31 heavy (non-hydrogen) atoms. The Morgan fingerprint density at radius 3 is 2.55 bits per heavy atom. The second-order valence-electron chi connectivity index (χ2n) is 6.02. The third kappa shape index (κ3) is 7.67. The Kier molecular flexibility index (Phi) is 11.3. The summed E-state index contributed by atoms with van der Waals surface area (Å²) in [6, 6.07) is 7.17. The number of aliphatic imine (C=N–C) groups is 1. The predicted molar refractivity (Wildman–Crippen MR) is 109 cm³/mol. The van der Waals surface area contributed by atoms with Gasteiger partial charge in [0.15, 0.2) is 0 Å². The fourth-order valence-electron chi connectivity index (χ4n) is 2.84. The molecule has 0 bridgehead atoms. The normalized spacial score (nSPS) is 11.5. The molecule has 1 aliphatic rings. The number of benzene rings is 2. The van der Waals surface area contributed by atoms with Crippen molar-refractivity contribution in [2.24, 2.45) is 4.99 Å². The van der Waals surface area contributed by atoms with Gasteiger partial charge in [0.2, 0.25) is 6.41 Å². The van der Waals surface area contributed by atoms with Gasteiger partial charge in [-0.2, -0.15) is 0 Å². The molecule has 2 aromatic carbocycles.